The van der Waals surface area contributed by atoms with Gasteiger partial charge in [-0.1, -0.05) is 27.5 Å². The molecule has 0 aliphatic rings. The van der Waals surface area contributed by atoms with Gasteiger partial charge in [0.25, 0.3) is 0 Å². The van der Waals surface area contributed by atoms with Crippen molar-refractivity contribution >= 4 is 39.3 Å². The van der Waals surface area contributed by atoms with Crippen LogP contribution in [0, 0.1) is 0 Å². The monoisotopic (exact) mass is 318 g/mol. The van der Waals surface area contributed by atoms with Crippen molar-refractivity contribution in [2.45, 2.75) is 12.8 Å². The van der Waals surface area contributed by atoms with Crippen LogP contribution >= 0.6 is 27.5 Å². The molecule has 1 aromatic rings. The molecule has 3 N–H and O–H groups in total. The maximum absolute atomic E-state index is 11.3. The largest absolute Gasteiger partial charge is 0.368 e. The predicted molar refractivity (Wildman–Crippen MR) is 69.7 cm³/mol. The molecule has 0 aliphatic carbocycles. The normalized spacial score (nSPS) is 10.0. The lowest BCUT2D eigenvalue weighted by molar-refractivity contribution is -0.124. The second-order valence-corrected chi connectivity index (χ2v) is 4.77. The van der Waals surface area contributed by atoms with Gasteiger partial charge in [-0.15, -0.1) is 0 Å². The highest BCUT2D eigenvalue weighted by molar-refractivity contribution is 9.10. The highest BCUT2D eigenvalue weighted by Crippen LogP contribution is 2.22. The van der Waals surface area contributed by atoms with Gasteiger partial charge in [0.2, 0.25) is 11.8 Å². The minimum Gasteiger partial charge on any atom is -0.368 e. The van der Waals surface area contributed by atoms with Gasteiger partial charge in [0.1, 0.15) is 0 Å². The average molecular weight is 320 g/mol. The zero-order chi connectivity index (χ0) is 12.8. The summed E-state index contributed by atoms with van der Waals surface area (Å²) in [6.07, 6.45) is 0.831. The molecular formula is C11H12BrClN2O2. The van der Waals surface area contributed by atoms with Crippen LogP contribution in [0.15, 0.2) is 22.7 Å². The molecule has 1 aromatic carbocycles. The smallest absolute Gasteiger partial charge is 0.236 e. The summed E-state index contributed by atoms with van der Waals surface area (Å²) >= 11 is 9.23. The molecule has 0 saturated heterocycles. The summed E-state index contributed by atoms with van der Waals surface area (Å²) in [4.78, 5) is 21.8. The van der Waals surface area contributed by atoms with Crippen molar-refractivity contribution in [1.29, 1.82) is 0 Å². The lowest BCUT2D eigenvalue weighted by Crippen LogP contribution is -2.33. The first kappa shape index (κ1) is 14.0. The second-order valence-electron chi connectivity index (χ2n) is 3.48. The van der Waals surface area contributed by atoms with E-state index < -0.39 is 5.91 Å². The Morgan fingerprint density at radius 3 is 2.76 bits per heavy atom. The van der Waals surface area contributed by atoms with Gasteiger partial charge in [-0.05, 0) is 30.2 Å². The fourth-order valence-corrected chi connectivity index (χ4v) is 1.90. The van der Waals surface area contributed by atoms with E-state index in [4.69, 9.17) is 17.3 Å². The maximum Gasteiger partial charge on any atom is 0.236 e. The van der Waals surface area contributed by atoms with Gasteiger partial charge in [-0.3, -0.25) is 9.59 Å². The highest BCUT2D eigenvalue weighted by atomic mass is 79.9. The van der Waals surface area contributed by atoms with Crippen molar-refractivity contribution in [3.63, 3.8) is 0 Å². The number of benzene rings is 1. The van der Waals surface area contributed by atoms with Crippen LogP contribution < -0.4 is 11.1 Å². The molecule has 0 heterocycles. The Bertz CT molecular complexity index is 437. The maximum atomic E-state index is 11.3. The SMILES string of the molecule is NC(=O)CNC(=O)CCc1cc(Cl)ccc1Br. The summed E-state index contributed by atoms with van der Waals surface area (Å²) < 4.78 is 0.907. The van der Waals surface area contributed by atoms with Crippen molar-refractivity contribution in [1.82, 2.24) is 5.32 Å². The van der Waals surface area contributed by atoms with Crippen molar-refractivity contribution in [2.75, 3.05) is 6.54 Å². The van der Waals surface area contributed by atoms with E-state index in [0.29, 0.717) is 11.4 Å². The first-order chi connectivity index (χ1) is 7.99. The first-order valence-corrected chi connectivity index (χ1v) is 6.15. The Morgan fingerprint density at radius 1 is 1.41 bits per heavy atom. The quantitative estimate of drug-likeness (QED) is 0.866. The van der Waals surface area contributed by atoms with Crippen molar-refractivity contribution in [3.8, 4) is 0 Å². The number of nitrogens with one attached hydrogen (secondary N) is 1. The third-order valence-corrected chi connectivity index (χ3v) is 3.10. The van der Waals surface area contributed by atoms with Gasteiger partial charge in [0.15, 0.2) is 0 Å². The number of halogens is 2. The molecule has 4 nitrogen and oxygen atoms in total. The zero-order valence-corrected chi connectivity index (χ0v) is 11.3. The van der Waals surface area contributed by atoms with E-state index in [1.165, 1.54) is 0 Å². The van der Waals surface area contributed by atoms with Gasteiger partial charge in [-0.25, -0.2) is 0 Å². The van der Waals surface area contributed by atoms with Crippen molar-refractivity contribution in [2.24, 2.45) is 5.73 Å². The van der Waals surface area contributed by atoms with Crippen LogP contribution in [0.4, 0.5) is 0 Å². The van der Waals surface area contributed by atoms with Gasteiger partial charge >= 0.3 is 0 Å². The summed E-state index contributed by atoms with van der Waals surface area (Å²) in [6.45, 7) is -0.129. The molecule has 0 fully saturated rings. The standard InChI is InChI=1S/C11H12BrClN2O2/c12-9-3-2-8(13)5-7(9)1-4-11(17)15-6-10(14)16/h2-3,5H,1,4,6H2,(H2,14,16)(H,15,17). The highest BCUT2D eigenvalue weighted by Gasteiger charge is 2.06. The van der Waals surface area contributed by atoms with Crippen LogP contribution in [0.25, 0.3) is 0 Å². The van der Waals surface area contributed by atoms with Gasteiger partial charge in [0.05, 0.1) is 6.54 Å². The molecule has 17 heavy (non-hydrogen) atoms. The summed E-state index contributed by atoms with van der Waals surface area (Å²) in [5.41, 5.74) is 5.86. The average Bonchev–Trinajstić information content (AvgIpc) is 2.27. The Labute approximate surface area is 113 Å². The molecule has 2 amide bonds. The fraction of sp³-hybridized carbons (Fsp3) is 0.273. The number of amides is 2. The van der Waals surface area contributed by atoms with Crippen LogP contribution in [0.5, 0.6) is 0 Å². The van der Waals surface area contributed by atoms with Gasteiger partial charge < -0.3 is 11.1 Å². The van der Waals surface area contributed by atoms with E-state index in [2.05, 4.69) is 21.2 Å². The summed E-state index contributed by atoms with van der Waals surface area (Å²) in [5.74, 6) is -0.766. The first-order valence-electron chi connectivity index (χ1n) is 4.98. The Kier molecular flexibility index (Phi) is 5.44. The Morgan fingerprint density at radius 2 is 2.12 bits per heavy atom. The second kappa shape index (κ2) is 6.61. The third-order valence-electron chi connectivity index (χ3n) is 2.09. The molecule has 0 bridgehead atoms. The van der Waals surface area contributed by atoms with E-state index in [-0.39, 0.29) is 18.9 Å². The number of nitrogens with two attached hydrogens (primary N) is 1. The van der Waals surface area contributed by atoms with Crippen LogP contribution in [0.2, 0.25) is 5.02 Å². The van der Waals surface area contributed by atoms with E-state index in [1.54, 1.807) is 12.1 Å². The lowest BCUT2D eigenvalue weighted by Gasteiger charge is -2.05. The number of carbonyl (C=O) groups is 2. The summed E-state index contributed by atoms with van der Waals surface area (Å²) in [5, 5.41) is 3.05. The molecule has 6 heteroatoms. The Balaban J connectivity index is 2.47. The summed E-state index contributed by atoms with van der Waals surface area (Å²) in [7, 11) is 0. The van der Waals surface area contributed by atoms with E-state index in [1.807, 2.05) is 6.07 Å². The molecule has 0 spiro atoms. The third kappa shape index (κ3) is 5.19. The number of aryl methyl sites for hydroxylation is 1. The fourth-order valence-electron chi connectivity index (χ4n) is 1.26. The number of rotatable bonds is 5. The number of hydrogen-bond donors (Lipinski definition) is 2. The van der Waals surface area contributed by atoms with E-state index in [9.17, 15) is 9.59 Å². The summed E-state index contributed by atoms with van der Waals surface area (Å²) in [6, 6.07) is 5.40. The molecule has 92 valence electrons. The van der Waals surface area contributed by atoms with E-state index >= 15 is 0 Å². The molecule has 0 atom stereocenters. The molecular weight excluding hydrogens is 307 g/mol. The number of primary amides is 1. The van der Waals surface area contributed by atoms with Crippen LogP contribution in [0.1, 0.15) is 12.0 Å². The predicted octanol–water partition coefficient (Wildman–Crippen LogP) is 1.64. The molecule has 0 aromatic heterocycles. The number of carbonyl (C=O) groups excluding carboxylic acids is 2. The topological polar surface area (TPSA) is 72.2 Å². The molecule has 1 rings (SSSR count). The van der Waals surface area contributed by atoms with Crippen LogP contribution in [-0.4, -0.2) is 18.4 Å². The molecule has 0 aliphatic heterocycles. The molecule has 0 saturated carbocycles. The van der Waals surface area contributed by atoms with Crippen molar-refractivity contribution < 1.29 is 9.59 Å². The zero-order valence-electron chi connectivity index (χ0n) is 9.00. The minimum absolute atomic E-state index is 0.129. The molecule has 0 radical (unpaired) electrons. The lowest BCUT2D eigenvalue weighted by atomic mass is 10.1. The van der Waals surface area contributed by atoms with Gasteiger partial charge in [0, 0.05) is 15.9 Å². The van der Waals surface area contributed by atoms with Crippen LogP contribution in [0.3, 0.4) is 0 Å². The van der Waals surface area contributed by atoms with Crippen LogP contribution in [-0.2, 0) is 16.0 Å². The van der Waals surface area contributed by atoms with Gasteiger partial charge in [-0.2, -0.15) is 0 Å². The number of hydrogen-bond acceptors (Lipinski definition) is 2. The van der Waals surface area contributed by atoms with E-state index in [0.717, 1.165) is 10.0 Å². The van der Waals surface area contributed by atoms with Crippen molar-refractivity contribution in [3.05, 3.63) is 33.3 Å². The minimum atomic E-state index is -0.553. The molecule has 0 unspecified atom stereocenters. The Hall–Kier alpha value is -1.07.